The van der Waals surface area contributed by atoms with E-state index >= 15 is 0 Å². The summed E-state index contributed by atoms with van der Waals surface area (Å²) in [4.78, 5) is 14.2. The highest BCUT2D eigenvalue weighted by atomic mass is 16.3. The molecule has 0 radical (unpaired) electrons. The molecule has 21 heavy (non-hydrogen) atoms. The van der Waals surface area contributed by atoms with E-state index in [1.807, 2.05) is 13.0 Å². The van der Waals surface area contributed by atoms with Crippen LogP contribution in [0.1, 0.15) is 36.5 Å². The first-order valence-electron chi connectivity index (χ1n) is 7.40. The van der Waals surface area contributed by atoms with Crippen molar-refractivity contribution in [1.82, 2.24) is 19.9 Å². The fourth-order valence-corrected chi connectivity index (χ4v) is 3.07. The number of hydrogen-bond acceptors (Lipinski definition) is 4. The van der Waals surface area contributed by atoms with Crippen molar-refractivity contribution in [2.75, 3.05) is 7.05 Å². The zero-order valence-corrected chi connectivity index (χ0v) is 12.4. The molecule has 2 atom stereocenters. The van der Waals surface area contributed by atoms with Crippen molar-refractivity contribution in [3.63, 3.8) is 0 Å². The number of carbonyl (C=O) groups excluding carboxylic acids is 1. The highest BCUT2D eigenvalue weighted by Gasteiger charge is 2.31. The zero-order valence-electron chi connectivity index (χ0n) is 12.4. The molecule has 1 amide bonds. The van der Waals surface area contributed by atoms with Gasteiger partial charge in [-0.15, -0.1) is 5.10 Å². The SMILES string of the molecule is CCn1nnc2cc(C(=O)N(C)[C@@H]3CCC[C@H]3O)ccc21. The number of nitrogens with zero attached hydrogens (tertiary/aromatic N) is 4. The van der Waals surface area contributed by atoms with Crippen LogP contribution >= 0.6 is 0 Å². The minimum Gasteiger partial charge on any atom is -0.391 e. The van der Waals surface area contributed by atoms with Gasteiger partial charge in [0.2, 0.25) is 0 Å². The molecular formula is C15H20N4O2. The number of carbonyl (C=O) groups is 1. The molecule has 1 aliphatic carbocycles. The molecule has 1 aromatic heterocycles. The van der Waals surface area contributed by atoms with Gasteiger partial charge in [0.25, 0.3) is 5.91 Å². The molecule has 1 saturated carbocycles. The van der Waals surface area contributed by atoms with Gasteiger partial charge in [0.15, 0.2) is 0 Å². The van der Waals surface area contributed by atoms with Gasteiger partial charge in [-0.05, 0) is 44.4 Å². The Morgan fingerprint density at radius 2 is 2.29 bits per heavy atom. The molecule has 1 N–H and O–H groups in total. The minimum atomic E-state index is -0.413. The van der Waals surface area contributed by atoms with Crippen LogP contribution in [0.25, 0.3) is 11.0 Å². The van der Waals surface area contributed by atoms with Gasteiger partial charge >= 0.3 is 0 Å². The van der Waals surface area contributed by atoms with E-state index in [0.29, 0.717) is 5.56 Å². The predicted molar refractivity (Wildman–Crippen MR) is 78.9 cm³/mol. The van der Waals surface area contributed by atoms with E-state index in [9.17, 15) is 9.90 Å². The van der Waals surface area contributed by atoms with Gasteiger partial charge in [-0.25, -0.2) is 4.68 Å². The second kappa shape index (κ2) is 5.44. The maximum Gasteiger partial charge on any atom is 0.254 e. The Hall–Kier alpha value is -1.95. The molecule has 0 spiro atoms. The highest BCUT2D eigenvalue weighted by molar-refractivity contribution is 5.97. The normalized spacial score (nSPS) is 21.9. The van der Waals surface area contributed by atoms with E-state index in [-0.39, 0.29) is 11.9 Å². The maximum absolute atomic E-state index is 12.6. The van der Waals surface area contributed by atoms with Crippen LogP contribution in [0.3, 0.4) is 0 Å². The summed E-state index contributed by atoms with van der Waals surface area (Å²) in [6, 6.07) is 5.37. The van der Waals surface area contributed by atoms with Gasteiger partial charge in [0.05, 0.1) is 17.7 Å². The Morgan fingerprint density at radius 3 is 2.95 bits per heavy atom. The van der Waals surface area contributed by atoms with Crippen LogP contribution in [0.15, 0.2) is 18.2 Å². The molecule has 0 saturated heterocycles. The van der Waals surface area contributed by atoms with E-state index in [2.05, 4.69) is 10.3 Å². The standard InChI is InChI=1S/C15H20N4O2/c1-3-19-12-8-7-10(9-11(12)16-17-19)15(21)18(2)13-5-4-6-14(13)20/h7-9,13-14,20H,3-6H2,1-2H3/t13-,14-/m1/s1. The number of fused-ring (bicyclic) bond motifs is 1. The fourth-order valence-electron chi connectivity index (χ4n) is 3.07. The quantitative estimate of drug-likeness (QED) is 0.927. The molecule has 6 heteroatoms. The number of likely N-dealkylation sites (N-methyl/N-ethyl adjacent to an activating group) is 1. The summed E-state index contributed by atoms with van der Waals surface area (Å²) in [6.07, 6.45) is 2.18. The van der Waals surface area contributed by atoms with Crippen molar-refractivity contribution in [1.29, 1.82) is 0 Å². The van der Waals surface area contributed by atoms with Crippen LogP contribution in [0.4, 0.5) is 0 Å². The maximum atomic E-state index is 12.6. The summed E-state index contributed by atoms with van der Waals surface area (Å²) in [5.74, 6) is -0.0751. The van der Waals surface area contributed by atoms with Crippen LogP contribution in [0.2, 0.25) is 0 Å². The van der Waals surface area contributed by atoms with Gasteiger partial charge in [-0.1, -0.05) is 5.21 Å². The first-order valence-corrected chi connectivity index (χ1v) is 7.40. The third-order valence-electron chi connectivity index (χ3n) is 4.32. The third kappa shape index (κ3) is 2.40. The number of aliphatic hydroxyl groups is 1. The van der Waals surface area contributed by atoms with E-state index < -0.39 is 6.10 Å². The summed E-state index contributed by atoms with van der Waals surface area (Å²) in [7, 11) is 1.76. The number of benzene rings is 1. The highest BCUT2D eigenvalue weighted by Crippen LogP contribution is 2.25. The summed E-state index contributed by atoms with van der Waals surface area (Å²) in [5.41, 5.74) is 2.24. The Bertz CT molecular complexity index is 667. The number of aliphatic hydroxyl groups excluding tert-OH is 1. The second-order valence-electron chi connectivity index (χ2n) is 5.59. The summed E-state index contributed by atoms with van der Waals surface area (Å²) >= 11 is 0. The Kier molecular flexibility index (Phi) is 3.63. The van der Waals surface area contributed by atoms with Gasteiger partial charge in [0.1, 0.15) is 5.52 Å². The largest absolute Gasteiger partial charge is 0.391 e. The van der Waals surface area contributed by atoms with E-state index in [1.54, 1.807) is 28.8 Å². The van der Waals surface area contributed by atoms with Crippen molar-refractivity contribution < 1.29 is 9.90 Å². The molecule has 6 nitrogen and oxygen atoms in total. The molecule has 1 fully saturated rings. The van der Waals surface area contributed by atoms with Crippen LogP contribution in [-0.2, 0) is 6.54 Å². The van der Waals surface area contributed by atoms with E-state index in [4.69, 9.17) is 0 Å². The summed E-state index contributed by atoms with van der Waals surface area (Å²) in [5, 5.41) is 18.1. The van der Waals surface area contributed by atoms with Crippen molar-refractivity contribution >= 4 is 16.9 Å². The smallest absolute Gasteiger partial charge is 0.254 e. The summed E-state index contributed by atoms with van der Waals surface area (Å²) in [6.45, 7) is 2.75. The van der Waals surface area contributed by atoms with Crippen molar-refractivity contribution in [2.45, 2.75) is 44.9 Å². The van der Waals surface area contributed by atoms with Crippen molar-refractivity contribution in [3.8, 4) is 0 Å². The molecule has 0 bridgehead atoms. The fraction of sp³-hybridized carbons (Fsp3) is 0.533. The molecule has 0 aliphatic heterocycles. The lowest BCUT2D eigenvalue weighted by atomic mass is 10.1. The lowest BCUT2D eigenvalue weighted by Crippen LogP contribution is -2.41. The first-order chi connectivity index (χ1) is 10.1. The average Bonchev–Trinajstić information content (AvgIpc) is 3.10. The molecule has 112 valence electrons. The third-order valence-corrected chi connectivity index (χ3v) is 4.32. The number of rotatable bonds is 3. The topological polar surface area (TPSA) is 71.2 Å². The van der Waals surface area contributed by atoms with Crippen molar-refractivity contribution in [3.05, 3.63) is 23.8 Å². The monoisotopic (exact) mass is 288 g/mol. The van der Waals surface area contributed by atoms with Crippen LogP contribution < -0.4 is 0 Å². The van der Waals surface area contributed by atoms with Gasteiger partial charge < -0.3 is 10.0 Å². The number of amides is 1. The van der Waals surface area contributed by atoms with E-state index in [1.165, 1.54) is 0 Å². The molecular weight excluding hydrogens is 268 g/mol. The Labute approximate surface area is 123 Å². The number of aryl methyl sites for hydroxylation is 1. The molecule has 1 aliphatic rings. The van der Waals surface area contributed by atoms with Gasteiger partial charge in [-0.3, -0.25) is 4.79 Å². The van der Waals surface area contributed by atoms with E-state index in [0.717, 1.165) is 36.8 Å². The Balaban J connectivity index is 1.87. The Morgan fingerprint density at radius 1 is 1.48 bits per heavy atom. The van der Waals surface area contributed by atoms with Crippen molar-refractivity contribution in [2.24, 2.45) is 0 Å². The molecule has 2 aromatic rings. The zero-order chi connectivity index (χ0) is 15.0. The lowest BCUT2D eigenvalue weighted by molar-refractivity contribution is 0.0539. The summed E-state index contributed by atoms with van der Waals surface area (Å²) < 4.78 is 1.80. The molecule has 3 rings (SSSR count). The number of hydrogen-bond donors (Lipinski definition) is 1. The number of aromatic nitrogens is 3. The minimum absolute atomic E-state index is 0.0751. The van der Waals surface area contributed by atoms with Crippen LogP contribution in [0.5, 0.6) is 0 Å². The lowest BCUT2D eigenvalue weighted by Gasteiger charge is -2.27. The molecule has 1 aromatic carbocycles. The molecule has 0 unspecified atom stereocenters. The first kappa shape index (κ1) is 14.0. The van der Waals surface area contributed by atoms with Gasteiger partial charge in [0, 0.05) is 19.2 Å². The van der Waals surface area contributed by atoms with Gasteiger partial charge in [-0.2, -0.15) is 0 Å². The van der Waals surface area contributed by atoms with Crippen LogP contribution in [0, 0.1) is 0 Å². The molecule has 1 heterocycles. The second-order valence-corrected chi connectivity index (χ2v) is 5.59. The average molecular weight is 288 g/mol. The predicted octanol–water partition coefficient (Wildman–Crippen LogP) is 1.44. The van der Waals surface area contributed by atoms with Crippen LogP contribution in [-0.4, -0.2) is 50.1 Å².